The van der Waals surface area contributed by atoms with Crippen LogP contribution in [0.25, 0.3) is 11.1 Å². The van der Waals surface area contributed by atoms with Crippen LogP contribution in [-0.2, 0) is 96.4 Å². The summed E-state index contributed by atoms with van der Waals surface area (Å²) in [7, 11) is -12.7. The highest BCUT2D eigenvalue weighted by Gasteiger charge is 2.36. The number of carbonyl (C=O) groups is 5. The number of halogens is 1. The maximum Gasteiger partial charge on any atom is 0.317 e. The third-order valence-electron chi connectivity index (χ3n) is 16.5. The van der Waals surface area contributed by atoms with E-state index in [0.29, 0.717) is 128 Å². The Morgan fingerprint density at radius 1 is 0.610 bits per heavy atom. The molecule has 0 radical (unpaired) electrons. The summed E-state index contributed by atoms with van der Waals surface area (Å²) in [5.74, 6) is -2.92. The summed E-state index contributed by atoms with van der Waals surface area (Å²) in [5, 5.41) is 39.4. The van der Waals surface area contributed by atoms with Crippen LogP contribution in [0.3, 0.4) is 0 Å². The molecule has 0 unspecified atom stereocenters. The Kier molecular flexibility index (Phi) is 30.2. The topological polar surface area (TPSA) is 413 Å². The van der Waals surface area contributed by atoms with Gasteiger partial charge in [-0.25, -0.2) is 13.1 Å². The number of hydrogen-bond donors (Lipinski definition) is 6. The number of likely N-dealkylation sites (N-methyl/N-ethyl adjacent to an activating group) is 1. The molecule has 5 aromatic rings. The molecule has 0 aliphatic carbocycles. The second kappa shape index (κ2) is 37.9. The maximum atomic E-state index is 13.6. The maximum absolute atomic E-state index is 13.6. The molecule has 0 atom stereocenters. The SMILES string of the molecule is Cc1c(COc2cc(OCc3cncc(S(C)(=O)=O)c3)c(CN(C)CC(=O)NCC(S(=O)(=O)O)S(=O)(=O)O)cc2Cl)cccc1-c1cccc(OCc2cn(CCOCCOCCN3CCN(C(=O)CN4CCN(CC(=O)O)CCN(CC(=O)O)CCN(CC(=O)O)CC4)CC3)nn2)c1C. The number of aliphatic carboxylic acids is 3. The van der Waals surface area contributed by atoms with E-state index in [1.807, 2.05) is 60.0 Å². The van der Waals surface area contributed by atoms with Crippen molar-refractivity contribution in [1.29, 1.82) is 0 Å². The van der Waals surface area contributed by atoms with Crippen LogP contribution in [0.4, 0.5) is 0 Å². The molecule has 37 heteroatoms. The molecule has 2 aromatic heterocycles. The minimum absolute atomic E-state index is 0.0277. The van der Waals surface area contributed by atoms with Crippen molar-refractivity contribution in [2.75, 3.05) is 164 Å². The Morgan fingerprint density at radius 2 is 1.14 bits per heavy atom. The number of nitrogens with zero attached hydrogens (tertiary/aromatic N) is 11. The standard InChI is InChI=1S/C63H87ClN12O21S3/c1-45-48(43-96-57-31-56(95-42-47-29-51(33-65-32-47)98(4,85)86)49(30-54(57)64)35-69(3)37-58(77)66-34-63(99(87,88)89)100(90,91)92)7-5-8-52(45)53-9-6-10-55(46(53)2)97-44-50-36-76(68-67-50)24-26-94-28-27-93-25-23-70-19-21-75(22-20-70)59(78)38-71-11-13-72(39-60(79)80)15-17-74(41-62(83)84)18-16-73(14-12-71)40-61(81)82/h5-10,29-33,36,63H,11-28,34-35,37-44H2,1-4H3,(H,66,77)(H,79,80)(H,81,82)(H,83,84)(H,87,88,89)(H,90,91,92). The van der Waals surface area contributed by atoms with E-state index < -0.39 is 71.6 Å². The molecule has 2 aliphatic heterocycles. The smallest absolute Gasteiger partial charge is 0.317 e. The quantitative estimate of drug-likeness (QED) is 0.0241. The van der Waals surface area contributed by atoms with E-state index in [4.69, 9.17) is 35.3 Å². The molecule has 0 spiro atoms. The van der Waals surface area contributed by atoms with Crippen molar-refractivity contribution in [3.8, 4) is 28.4 Å². The first-order valence-corrected chi connectivity index (χ1v) is 37.2. The summed E-state index contributed by atoms with van der Waals surface area (Å²) in [5.41, 5.74) is 5.86. The van der Waals surface area contributed by atoms with E-state index in [9.17, 15) is 73.7 Å². The minimum atomic E-state index is -5.30. The van der Waals surface area contributed by atoms with Gasteiger partial charge in [0, 0.05) is 127 Å². The normalized spacial score (nSPS) is 15.5. The van der Waals surface area contributed by atoms with Crippen molar-refractivity contribution in [1.82, 2.24) is 59.6 Å². The van der Waals surface area contributed by atoms with Crippen LogP contribution in [0.15, 0.2) is 78.1 Å². The lowest BCUT2D eigenvalue weighted by Crippen LogP contribution is -2.53. The van der Waals surface area contributed by atoms with Gasteiger partial charge in [-0.2, -0.15) is 16.8 Å². The Hall–Kier alpha value is -7.56. The Labute approximate surface area is 585 Å². The minimum Gasteiger partial charge on any atom is -0.488 e. The van der Waals surface area contributed by atoms with Gasteiger partial charge < -0.3 is 49.2 Å². The van der Waals surface area contributed by atoms with E-state index in [1.54, 1.807) is 37.7 Å². The lowest BCUT2D eigenvalue weighted by Gasteiger charge is -2.36. The highest BCUT2D eigenvalue weighted by atomic mass is 35.5. The zero-order valence-electron chi connectivity index (χ0n) is 56.1. The number of carbonyl (C=O) groups excluding carboxylic acids is 2. The van der Waals surface area contributed by atoms with Crippen LogP contribution >= 0.6 is 11.6 Å². The average molecular weight is 1480 g/mol. The van der Waals surface area contributed by atoms with Crippen LogP contribution in [0.2, 0.25) is 5.02 Å². The van der Waals surface area contributed by atoms with Crippen molar-refractivity contribution in [2.24, 2.45) is 0 Å². The van der Waals surface area contributed by atoms with Crippen LogP contribution in [0.1, 0.15) is 33.5 Å². The van der Waals surface area contributed by atoms with Gasteiger partial charge in [-0.15, -0.1) is 5.10 Å². The summed E-state index contributed by atoms with van der Waals surface area (Å²) in [6, 6.07) is 16.1. The van der Waals surface area contributed by atoms with Crippen molar-refractivity contribution >= 4 is 71.4 Å². The molecule has 2 saturated heterocycles. The van der Waals surface area contributed by atoms with E-state index >= 15 is 0 Å². The van der Waals surface area contributed by atoms with Crippen molar-refractivity contribution in [3.05, 3.63) is 112 Å². The molecular formula is C63H87ClN12O21S3. The molecule has 4 heterocycles. The van der Waals surface area contributed by atoms with Crippen LogP contribution in [0, 0.1) is 13.8 Å². The molecule has 33 nitrogen and oxygen atoms in total. The van der Waals surface area contributed by atoms with Gasteiger partial charge >= 0.3 is 17.9 Å². The molecule has 0 saturated carbocycles. The second-order valence-electron chi connectivity index (χ2n) is 24.2. The van der Waals surface area contributed by atoms with Gasteiger partial charge in [-0.05, 0) is 66.9 Å². The molecule has 6 N–H and O–H groups in total. The second-order valence-corrected chi connectivity index (χ2v) is 30.1. The number of ether oxygens (including phenoxy) is 5. The summed E-state index contributed by atoms with van der Waals surface area (Å²) in [4.78, 5) is 77.9. The Bertz CT molecular complexity index is 3900. The molecule has 550 valence electrons. The van der Waals surface area contributed by atoms with Crippen LogP contribution < -0.4 is 19.5 Å². The summed E-state index contributed by atoms with van der Waals surface area (Å²) in [6.45, 7) is 9.29. The highest BCUT2D eigenvalue weighted by molar-refractivity contribution is 8.04. The molecule has 3 aromatic carbocycles. The third kappa shape index (κ3) is 26.1. The molecule has 2 aliphatic rings. The fraction of sp³-hybridized carbons (Fsp3) is 0.524. The lowest BCUT2D eigenvalue weighted by atomic mass is 9.93. The highest BCUT2D eigenvalue weighted by Crippen LogP contribution is 2.37. The van der Waals surface area contributed by atoms with Gasteiger partial charge in [0.05, 0.1) is 88.4 Å². The molecule has 2 amide bonds. The number of carboxylic acids is 3. The van der Waals surface area contributed by atoms with Gasteiger partial charge in [-0.3, -0.25) is 67.5 Å². The number of aromatic nitrogens is 4. The van der Waals surface area contributed by atoms with Crippen molar-refractivity contribution in [3.63, 3.8) is 0 Å². The fourth-order valence-corrected chi connectivity index (χ4v) is 13.7. The van der Waals surface area contributed by atoms with Crippen LogP contribution in [-0.4, -0.2) is 302 Å². The first kappa shape index (κ1) is 79.8. The molecule has 2 fully saturated rings. The first-order valence-electron chi connectivity index (χ1n) is 31.9. The van der Waals surface area contributed by atoms with Gasteiger partial charge in [0.2, 0.25) is 16.4 Å². The molecule has 0 bridgehead atoms. The first-order chi connectivity index (χ1) is 47.4. The van der Waals surface area contributed by atoms with Gasteiger partial charge in [0.1, 0.15) is 42.8 Å². The van der Waals surface area contributed by atoms with Gasteiger partial charge in [0.25, 0.3) is 20.2 Å². The number of amides is 2. The van der Waals surface area contributed by atoms with Crippen LogP contribution in [0.5, 0.6) is 17.2 Å². The number of carboxylic acid groups (broad SMARTS) is 3. The van der Waals surface area contributed by atoms with E-state index in [0.717, 1.165) is 34.1 Å². The zero-order chi connectivity index (χ0) is 72.7. The Balaban J connectivity index is 0.844. The number of hydrogen-bond acceptors (Lipinski definition) is 25. The largest absolute Gasteiger partial charge is 0.488 e. The van der Waals surface area contributed by atoms with Crippen molar-refractivity contribution < 1.29 is 97.3 Å². The van der Waals surface area contributed by atoms with Gasteiger partial charge in [0.15, 0.2) is 9.84 Å². The third-order valence-corrected chi connectivity index (χ3v) is 21.0. The number of benzene rings is 3. The molecular weight excluding hydrogens is 1390 g/mol. The van der Waals surface area contributed by atoms with Gasteiger partial charge in [-0.1, -0.05) is 47.1 Å². The fourth-order valence-electron chi connectivity index (χ4n) is 11.0. The number of piperazine rings is 1. The molecule has 7 rings (SSSR count). The predicted molar refractivity (Wildman–Crippen MR) is 363 cm³/mol. The molecule has 100 heavy (non-hydrogen) atoms. The summed E-state index contributed by atoms with van der Waals surface area (Å²) in [6.07, 6.45) is 5.48. The summed E-state index contributed by atoms with van der Waals surface area (Å²) >= 11 is 6.84. The van der Waals surface area contributed by atoms with E-state index in [2.05, 4.69) is 25.5 Å². The lowest BCUT2D eigenvalue weighted by molar-refractivity contribution is -0.141. The number of rotatable bonds is 36. The van der Waals surface area contributed by atoms with E-state index in [-0.39, 0.29) is 93.0 Å². The summed E-state index contributed by atoms with van der Waals surface area (Å²) < 4.78 is 119. The number of sulfone groups is 1. The van der Waals surface area contributed by atoms with E-state index in [1.165, 1.54) is 30.4 Å². The van der Waals surface area contributed by atoms with Crippen molar-refractivity contribution in [2.45, 2.75) is 56.2 Å². The predicted octanol–water partition coefficient (Wildman–Crippen LogP) is 1.05. The monoisotopic (exact) mass is 1480 g/mol. The number of pyridine rings is 1. The number of nitrogens with one attached hydrogen (secondary N) is 1. The average Bonchev–Trinajstić information content (AvgIpc) is 1.86. The Morgan fingerprint density at radius 3 is 1.71 bits per heavy atom. The zero-order valence-corrected chi connectivity index (χ0v) is 59.3.